The lowest BCUT2D eigenvalue weighted by Gasteiger charge is -2.14. The van der Waals surface area contributed by atoms with Crippen LogP contribution in [0.4, 0.5) is 0 Å². The monoisotopic (exact) mass is 500 g/mol. The van der Waals surface area contributed by atoms with Crippen LogP contribution in [0.15, 0.2) is 72.8 Å². The second-order valence-electron chi connectivity index (χ2n) is 9.82. The number of H-pyrrole nitrogens is 1. The fraction of sp³-hybridized carbons (Fsp3) is 0.276. The van der Waals surface area contributed by atoms with Crippen molar-refractivity contribution >= 4 is 14.0 Å². The van der Waals surface area contributed by atoms with Crippen molar-refractivity contribution in [3.8, 4) is 33.6 Å². The molecule has 4 aromatic rings. The number of nitrogens with two attached hydrogens (primary N) is 1. The SMILES string of the molecule is CCOCC[Si](C)(C)C.Cc1ccccc1-c1ccccc1-c1cccc(-c2n[nH]c(C(N)=O)n2)c1. The minimum absolute atomic E-state index is 0.0516. The van der Waals surface area contributed by atoms with Gasteiger partial charge >= 0.3 is 0 Å². The van der Waals surface area contributed by atoms with Crippen LogP contribution in [0.1, 0.15) is 23.1 Å². The number of aryl methyl sites for hydroxylation is 1. The minimum atomic E-state index is -0.819. The zero-order valence-electron chi connectivity index (χ0n) is 21.8. The molecule has 0 atom stereocenters. The summed E-state index contributed by atoms with van der Waals surface area (Å²) in [6.07, 6.45) is 0. The van der Waals surface area contributed by atoms with Gasteiger partial charge in [-0.2, -0.15) is 5.10 Å². The van der Waals surface area contributed by atoms with E-state index in [1.807, 2.05) is 43.3 Å². The molecule has 6 nitrogen and oxygen atoms in total. The number of nitrogens with one attached hydrogen (secondary N) is 1. The van der Waals surface area contributed by atoms with Crippen molar-refractivity contribution in [3.05, 3.63) is 84.2 Å². The number of primary amides is 1. The molecule has 0 aliphatic heterocycles. The summed E-state index contributed by atoms with van der Waals surface area (Å²) >= 11 is 0. The molecule has 3 aromatic carbocycles. The topological polar surface area (TPSA) is 93.9 Å². The molecule has 0 aliphatic carbocycles. The van der Waals surface area contributed by atoms with E-state index in [-0.39, 0.29) is 5.82 Å². The Kier molecular flexibility index (Phi) is 9.33. The van der Waals surface area contributed by atoms with E-state index in [9.17, 15) is 4.79 Å². The summed E-state index contributed by atoms with van der Waals surface area (Å²) in [6.45, 7) is 13.1. The van der Waals surface area contributed by atoms with Crippen LogP contribution in [0.5, 0.6) is 0 Å². The van der Waals surface area contributed by atoms with Crippen LogP contribution in [0.2, 0.25) is 25.7 Å². The van der Waals surface area contributed by atoms with Crippen molar-refractivity contribution in [3.63, 3.8) is 0 Å². The standard InChI is InChI=1S/C22H18N4O.C7H18OSi/c1-14-7-2-3-10-17(14)19-12-5-4-11-18(19)15-8-6-9-16(13-15)21-24-22(20(23)27)26-25-21;1-5-8-6-7-9(2,3)4/h2-13H,1H3,(H2,23,27)(H,24,25,26);5-7H2,1-4H3. The molecule has 0 spiro atoms. The predicted molar refractivity (Wildman–Crippen MR) is 151 cm³/mol. The average molecular weight is 501 g/mol. The van der Waals surface area contributed by atoms with Gasteiger partial charge in [0.2, 0.25) is 5.82 Å². The quantitative estimate of drug-likeness (QED) is 0.211. The van der Waals surface area contributed by atoms with E-state index < -0.39 is 14.0 Å². The van der Waals surface area contributed by atoms with Gasteiger partial charge in [-0.3, -0.25) is 9.89 Å². The van der Waals surface area contributed by atoms with Crippen LogP contribution >= 0.6 is 0 Å². The van der Waals surface area contributed by atoms with Gasteiger partial charge in [-0.1, -0.05) is 86.4 Å². The maximum absolute atomic E-state index is 11.3. The number of hydrogen-bond donors (Lipinski definition) is 2. The number of hydrogen-bond acceptors (Lipinski definition) is 4. The van der Waals surface area contributed by atoms with Crippen LogP contribution in [-0.2, 0) is 4.74 Å². The number of carbonyl (C=O) groups is 1. The van der Waals surface area contributed by atoms with Crippen LogP contribution in [0.25, 0.3) is 33.6 Å². The highest BCUT2D eigenvalue weighted by Crippen LogP contribution is 2.34. The van der Waals surface area contributed by atoms with Gasteiger partial charge in [0.15, 0.2) is 5.82 Å². The van der Waals surface area contributed by atoms with E-state index in [2.05, 4.69) is 78.1 Å². The fourth-order valence-corrected chi connectivity index (χ4v) is 4.45. The van der Waals surface area contributed by atoms with Crippen molar-refractivity contribution in [1.82, 2.24) is 15.2 Å². The molecule has 188 valence electrons. The van der Waals surface area contributed by atoms with Gasteiger partial charge in [0.05, 0.1) is 0 Å². The zero-order valence-corrected chi connectivity index (χ0v) is 22.8. The Morgan fingerprint density at radius 2 is 1.56 bits per heavy atom. The molecule has 0 unspecified atom stereocenters. The predicted octanol–water partition coefficient (Wildman–Crippen LogP) is 6.57. The van der Waals surface area contributed by atoms with Gasteiger partial charge in [0.25, 0.3) is 5.91 Å². The number of carbonyl (C=O) groups excluding carboxylic acids is 1. The van der Waals surface area contributed by atoms with E-state index in [4.69, 9.17) is 10.5 Å². The smallest absolute Gasteiger partial charge is 0.286 e. The van der Waals surface area contributed by atoms with Gasteiger partial charge < -0.3 is 10.5 Å². The Balaban J connectivity index is 0.000000345. The molecule has 3 N–H and O–H groups in total. The molecule has 0 bridgehead atoms. The summed E-state index contributed by atoms with van der Waals surface area (Å²) in [4.78, 5) is 15.4. The van der Waals surface area contributed by atoms with E-state index in [0.29, 0.717) is 5.82 Å². The largest absolute Gasteiger partial charge is 0.382 e. The van der Waals surface area contributed by atoms with E-state index >= 15 is 0 Å². The molecule has 0 radical (unpaired) electrons. The maximum atomic E-state index is 11.3. The van der Waals surface area contributed by atoms with Crippen molar-refractivity contribution in [2.75, 3.05) is 13.2 Å². The van der Waals surface area contributed by atoms with Crippen LogP contribution < -0.4 is 5.73 Å². The molecule has 1 aromatic heterocycles. The first-order chi connectivity index (χ1) is 17.2. The van der Waals surface area contributed by atoms with E-state index in [1.54, 1.807) is 0 Å². The number of amides is 1. The first-order valence-electron chi connectivity index (χ1n) is 12.3. The summed E-state index contributed by atoms with van der Waals surface area (Å²) in [6, 6.07) is 25.9. The Morgan fingerprint density at radius 3 is 2.17 bits per heavy atom. The first-order valence-corrected chi connectivity index (χ1v) is 16.0. The summed E-state index contributed by atoms with van der Waals surface area (Å²) in [5.41, 5.74) is 11.8. The Bertz CT molecular complexity index is 1290. The third kappa shape index (κ3) is 7.47. The number of nitrogens with zero attached hydrogens (tertiary/aromatic N) is 2. The Labute approximate surface area is 215 Å². The van der Waals surface area contributed by atoms with E-state index in [1.165, 1.54) is 22.7 Å². The number of rotatable bonds is 8. The number of aromatic amines is 1. The molecule has 1 heterocycles. The minimum Gasteiger partial charge on any atom is -0.382 e. The van der Waals surface area contributed by atoms with Crippen LogP contribution in [0.3, 0.4) is 0 Å². The summed E-state index contributed by atoms with van der Waals surface area (Å²) in [5.74, 6) is -0.135. The van der Waals surface area contributed by atoms with Crippen molar-refractivity contribution in [1.29, 1.82) is 0 Å². The third-order valence-corrected chi connectivity index (χ3v) is 7.42. The third-order valence-electron chi connectivity index (χ3n) is 5.71. The number of ether oxygens (including phenoxy) is 1. The summed E-state index contributed by atoms with van der Waals surface area (Å²) in [7, 11) is -0.819. The molecular weight excluding hydrogens is 464 g/mol. The average Bonchev–Trinajstić information content (AvgIpc) is 3.35. The fourth-order valence-electron chi connectivity index (χ4n) is 3.69. The molecule has 0 aliphatic rings. The lowest BCUT2D eigenvalue weighted by Crippen LogP contribution is -2.21. The van der Waals surface area contributed by atoms with Crippen molar-refractivity contribution < 1.29 is 9.53 Å². The Morgan fingerprint density at radius 1 is 0.917 bits per heavy atom. The van der Waals surface area contributed by atoms with Gasteiger partial charge in [-0.25, -0.2) is 4.98 Å². The highest BCUT2D eigenvalue weighted by molar-refractivity contribution is 6.76. The van der Waals surface area contributed by atoms with Crippen molar-refractivity contribution in [2.24, 2.45) is 5.73 Å². The molecule has 4 rings (SSSR count). The van der Waals surface area contributed by atoms with Gasteiger partial charge in [-0.15, -0.1) is 0 Å². The Hall–Kier alpha value is -3.55. The highest BCUT2D eigenvalue weighted by atomic mass is 28.3. The van der Waals surface area contributed by atoms with Gasteiger partial charge in [0, 0.05) is 26.9 Å². The van der Waals surface area contributed by atoms with Gasteiger partial charge in [-0.05, 0) is 53.8 Å². The molecule has 0 saturated carbocycles. The van der Waals surface area contributed by atoms with Gasteiger partial charge in [0.1, 0.15) is 0 Å². The lowest BCUT2D eigenvalue weighted by atomic mass is 9.91. The zero-order chi connectivity index (χ0) is 26.1. The molecule has 0 saturated heterocycles. The molecule has 1 amide bonds. The van der Waals surface area contributed by atoms with Crippen LogP contribution in [-0.4, -0.2) is 42.4 Å². The van der Waals surface area contributed by atoms with Crippen molar-refractivity contribution in [2.45, 2.75) is 39.5 Å². The summed E-state index contributed by atoms with van der Waals surface area (Å²) in [5, 5.41) is 6.67. The molecule has 0 fully saturated rings. The van der Waals surface area contributed by atoms with E-state index in [0.717, 1.165) is 29.9 Å². The molecular formula is C29H36N4O2Si. The molecule has 7 heteroatoms. The lowest BCUT2D eigenvalue weighted by molar-refractivity contribution is 0.0991. The number of benzene rings is 3. The molecule has 36 heavy (non-hydrogen) atoms. The van der Waals surface area contributed by atoms with Crippen LogP contribution in [0, 0.1) is 6.92 Å². The first kappa shape index (κ1) is 27.0. The summed E-state index contributed by atoms with van der Waals surface area (Å²) < 4.78 is 5.24. The second kappa shape index (κ2) is 12.4. The number of aromatic nitrogens is 3. The second-order valence-corrected chi connectivity index (χ2v) is 15.4. The highest BCUT2D eigenvalue weighted by Gasteiger charge is 2.13. The normalized spacial score (nSPS) is 11.0. The maximum Gasteiger partial charge on any atom is 0.286 e.